The first-order valence-electron chi connectivity index (χ1n) is 7.91. The Morgan fingerprint density at radius 3 is 2.08 bits per heavy atom. The molecule has 1 fully saturated rings. The third-order valence-electron chi connectivity index (χ3n) is 4.24. The van der Waals surface area contributed by atoms with Crippen LogP contribution in [-0.2, 0) is 12.7 Å². The van der Waals surface area contributed by atoms with Crippen LogP contribution in [-0.4, -0.2) is 31.2 Å². The molecule has 1 aromatic heterocycles. The lowest BCUT2D eigenvalue weighted by atomic mass is 10.2. The van der Waals surface area contributed by atoms with Crippen molar-refractivity contribution in [3.63, 3.8) is 0 Å². The highest BCUT2D eigenvalue weighted by atomic mass is 19.4. The summed E-state index contributed by atoms with van der Waals surface area (Å²) >= 11 is 0. The number of halogens is 4. The van der Waals surface area contributed by atoms with E-state index in [0.29, 0.717) is 31.7 Å². The van der Waals surface area contributed by atoms with Gasteiger partial charge in [-0.1, -0.05) is 6.07 Å². The van der Waals surface area contributed by atoms with Crippen LogP contribution in [0.25, 0.3) is 0 Å². The van der Waals surface area contributed by atoms with E-state index in [1.807, 2.05) is 4.90 Å². The Hall–Kier alpha value is -2.35. The summed E-state index contributed by atoms with van der Waals surface area (Å²) < 4.78 is 51.8. The average Bonchev–Trinajstić information content (AvgIpc) is 2.61. The average molecular weight is 354 g/mol. The Morgan fingerprint density at radius 1 is 0.920 bits per heavy atom. The number of hydrogen-bond donors (Lipinski definition) is 1. The minimum Gasteiger partial charge on any atom is -0.368 e. The maximum Gasteiger partial charge on any atom is 0.433 e. The van der Waals surface area contributed by atoms with Crippen LogP contribution in [0.5, 0.6) is 0 Å². The maximum absolute atomic E-state index is 13.0. The summed E-state index contributed by atoms with van der Waals surface area (Å²) in [5.41, 5.74) is 6.21. The van der Waals surface area contributed by atoms with Crippen LogP contribution in [0, 0.1) is 5.82 Å². The Balaban J connectivity index is 1.77. The Bertz CT molecular complexity index is 722. The highest BCUT2D eigenvalue weighted by Crippen LogP contribution is 2.31. The lowest BCUT2D eigenvalue weighted by Crippen LogP contribution is -2.47. The van der Waals surface area contributed by atoms with Gasteiger partial charge in [0.25, 0.3) is 0 Å². The van der Waals surface area contributed by atoms with Crippen molar-refractivity contribution in [1.29, 1.82) is 0 Å². The van der Waals surface area contributed by atoms with Gasteiger partial charge in [0.1, 0.15) is 17.3 Å². The Kier molecular flexibility index (Phi) is 4.80. The van der Waals surface area contributed by atoms with E-state index in [-0.39, 0.29) is 18.2 Å². The molecule has 0 bridgehead atoms. The molecule has 2 heterocycles. The number of nitrogens with two attached hydrogens (primary N) is 1. The molecule has 0 radical (unpaired) electrons. The highest BCUT2D eigenvalue weighted by Gasteiger charge is 2.33. The summed E-state index contributed by atoms with van der Waals surface area (Å²) in [6.07, 6.45) is -4.49. The van der Waals surface area contributed by atoms with E-state index < -0.39 is 11.9 Å². The van der Waals surface area contributed by atoms with E-state index in [9.17, 15) is 17.6 Å². The van der Waals surface area contributed by atoms with Gasteiger partial charge in [-0.3, -0.25) is 0 Å². The molecule has 0 saturated carbocycles. The summed E-state index contributed by atoms with van der Waals surface area (Å²) in [5, 5.41) is 0. The lowest BCUT2D eigenvalue weighted by Gasteiger charge is -2.37. The second-order valence-electron chi connectivity index (χ2n) is 5.83. The number of alkyl halides is 3. The fourth-order valence-electron chi connectivity index (χ4n) is 2.90. The molecule has 2 aromatic rings. The molecule has 1 saturated heterocycles. The molecule has 1 aliphatic rings. The van der Waals surface area contributed by atoms with Crippen LogP contribution in [0.4, 0.5) is 29.1 Å². The number of benzene rings is 1. The quantitative estimate of drug-likeness (QED) is 0.861. The summed E-state index contributed by atoms with van der Waals surface area (Å²) in [6.45, 7) is 2.36. The van der Waals surface area contributed by atoms with E-state index in [1.165, 1.54) is 18.2 Å². The lowest BCUT2D eigenvalue weighted by molar-refractivity contribution is -0.141. The molecule has 0 unspecified atom stereocenters. The van der Waals surface area contributed by atoms with Gasteiger partial charge < -0.3 is 15.5 Å². The number of piperazine rings is 1. The first kappa shape index (κ1) is 17.5. The van der Waals surface area contributed by atoms with Gasteiger partial charge in [0.05, 0.1) is 0 Å². The summed E-state index contributed by atoms with van der Waals surface area (Å²) in [7, 11) is 0. The molecule has 134 valence electrons. The molecule has 8 heteroatoms. The second kappa shape index (κ2) is 6.87. The number of pyridine rings is 1. The van der Waals surface area contributed by atoms with Crippen molar-refractivity contribution in [3.05, 3.63) is 53.5 Å². The van der Waals surface area contributed by atoms with Crippen LogP contribution >= 0.6 is 0 Å². The van der Waals surface area contributed by atoms with Crippen molar-refractivity contribution < 1.29 is 17.6 Å². The summed E-state index contributed by atoms with van der Waals surface area (Å²) in [6, 6.07) is 8.51. The second-order valence-corrected chi connectivity index (χ2v) is 5.83. The molecule has 4 nitrogen and oxygen atoms in total. The highest BCUT2D eigenvalue weighted by molar-refractivity contribution is 5.52. The van der Waals surface area contributed by atoms with E-state index in [4.69, 9.17) is 5.73 Å². The summed E-state index contributed by atoms with van der Waals surface area (Å²) in [4.78, 5) is 7.68. The normalized spacial score (nSPS) is 15.6. The van der Waals surface area contributed by atoms with Crippen LogP contribution < -0.4 is 15.5 Å². The Morgan fingerprint density at radius 2 is 1.52 bits per heavy atom. The molecule has 0 aliphatic carbocycles. The van der Waals surface area contributed by atoms with Gasteiger partial charge in [0.15, 0.2) is 0 Å². The minimum absolute atomic E-state index is 0.124. The van der Waals surface area contributed by atoms with Crippen LogP contribution in [0.15, 0.2) is 36.4 Å². The topological polar surface area (TPSA) is 45.4 Å². The molecule has 0 atom stereocenters. The molecule has 1 aromatic carbocycles. The van der Waals surface area contributed by atoms with Crippen LogP contribution in [0.2, 0.25) is 0 Å². The van der Waals surface area contributed by atoms with E-state index in [2.05, 4.69) is 9.88 Å². The van der Waals surface area contributed by atoms with Gasteiger partial charge in [0.2, 0.25) is 0 Å². The molecule has 3 rings (SSSR count). The van der Waals surface area contributed by atoms with Gasteiger partial charge in [0, 0.05) is 44.0 Å². The fourth-order valence-corrected chi connectivity index (χ4v) is 2.90. The monoisotopic (exact) mass is 354 g/mol. The molecular formula is C17H18F4N4. The first-order chi connectivity index (χ1) is 11.9. The third kappa shape index (κ3) is 3.84. The van der Waals surface area contributed by atoms with Gasteiger partial charge in [-0.15, -0.1) is 0 Å². The smallest absolute Gasteiger partial charge is 0.368 e. The Labute approximate surface area is 142 Å². The molecule has 1 aliphatic heterocycles. The third-order valence-corrected chi connectivity index (χ3v) is 4.24. The number of nitrogens with zero attached hydrogens (tertiary/aromatic N) is 3. The molecule has 0 spiro atoms. The molecule has 25 heavy (non-hydrogen) atoms. The van der Waals surface area contributed by atoms with Crippen LogP contribution in [0.3, 0.4) is 0 Å². The fraction of sp³-hybridized carbons (Fsp3) is 0.353. The zero-order valence-corrected chi connectivity index (χ0v) is 13.4. The molecule has 2 N–H and O–H groups in total. The number of aromatic nitrogens is 1. The van der Waals surface area contributed by atoms with E-state index in [0.717, 1.165) is 11.8 Å². The van der Waals surface area contributed by atoms with Gasteiger partial charge in [-0.05, 0) is 30.3 Å². The number of hydrogen-bond acceptors (Lipinski definition) is 4. The van der Waals surface area contributed by atoms with Gasteiger partial charge >= 0.3 is 6.18 Å². The number of rotatable bonds is 3. The first-order valence-corrected chi connectivity index (χ1v) is 7.91. The van der Waals surface area contributed by atoms with E-state index >= 15 is 0 Å². The summed E-state index contributed by atoms with van der Waals surface area (Å²) in [5.74, 6) is -0.0146. The predicted octanol–water partition coefficient (Wildman–Crippen LogP) is 3.02. The van der Waals surface area contributed by atoms with Gasteiger partial charge in [-0.2, -0.15) is 13.2 Å². The maximum atomic E-state index is 13.0. The van der Waals surface area contributed by atoms with Crippen molar-refractivity contribution in [2.45, 2.75) is 12.7 Å². The zero-order valence-electron chi connectivity index (χ0n) is 13.4. The van der Waals surface area contributed by atoms with Crippen molar-refractivity contribution >= 4 is 11.5 Å². The number of anilines is 2. The van der Waals surface area contributed by atoms with Crippen molar-refractivity contribution in [2.24, 2.45) is 5.73 Å². The standard InChI is InChI=1S/C17H18F4N4/c18-13-2-4-14(5-3-13)24-7-9-25(10-8-24)16-12(11-22)1-6-15(23-16)17(19,20)21/h1-6H,7-11,22H2. The molecule has 0 amide bonds. The van der Waals surface area contributed by atoms with Crippen molar-refractivity contribution in [2.75, 3.05) is 36.0 Å². The predicted molar refractivity (Wildman–Crippen MR) is 88.0 cm³/mol. The zero-order chi connectivity index (χ0) is 18.0. The molecular weight excluding hydrogens is 336 g/mol. The van der Waals surface area contributed by atoms with E-state index in [1.54, 1.807) is 12.1 Å². The van der Waals surface area contributed by atoms with Gasteiger partial charge in [-0.25, -0.2) is 9.37 Å². The SMILES string of the molecule is NCc1ccc(C(F)(F)F)nc1N1CCN(c2ccc(F)cc2)CC1. The van der Waals surface area contributed by atoms with Crippen molar-refractivity contribution in [1.82, 2.24) is 4.98 Å². The van der Waals surface area contributed by atoms with Crippen LogP contribution in [0.1, 0.15) is 11.3 Å². The van der Waals surface area contributed by atoms with Crippen molar-refractivity contribution in [3.8, 4) is 0 Å². The minimum atomic E-state index is -4.49. The largest absolute Gasteiger partial charge is 0.433 e.